The van der Waals surface area contributed by atoms with E-state index in [-0.39, 0.29) is 34.8 Å². The molecule has 5 fully saturated rings. The van der Waals surface area contributed by atoms with Crippen molar-refractivity contribution in [1.29, 1.82) is 0 Å². The van der Waals surface area contributed by atoms with E-state index in [4.69, 9.17) is 14.6 Å². The first-order valence-electron chi connectivity index (χ1n) is 11.7. The SMILES string of the molecule is C[C@@H]1C[C@@H]1n1cccc(NC(=O)c2cc3cn(C45COC(C4)C5)nc3nc2OC2CC2)c1=O. The lowest BCUT2D eigenvalue weighted by Gasteiger charge is -2.35. The molecule has 0 radical (unpaired) electrons. The Hall–Kier alpha value is -3.20. The lowest BCUT2D eigenvalue weighted by molar-refractivity contribution is 0.102. The molecule has 2 saturated heterocycles. The van der Waals surface area contributed by atoms with Gasteiger partial charge in [-0.1, -0.05) is 6.92 Å². The molecule has 3 aromatic rings. The zero-order valence-electron chi connectivity index (χ0n) is 18.4. The van der Waals surface area contributed by atoms with Crippen LogP contribution in [0.3, 0.4) is 0 Å². The lowest BCUT2D eigenvalue weighted by atomic mass is 9.78. The van der Waals surface area contributed by atoms with Crippen LogP contribution in [0, 0.1) is 5.92 Å². The molecular formula is C24H25N5O4. The summed E-state index contributed by atoms with van der Waals surface area (Å²) < 4.78 is 15.4. The van der Waals surface area contributed by atoms with Crippen LogP contribution in [0.2, 0.25) is 0 Å². The number of hydrogen-bond donors (Lipinski definition) is 1. The summed E-state index contributed by atoms with van der Waals surface area (Å²) in [5.74, 6) is 0.343. The first-order valence-corrected chi connectivity index (χ1v) is 11.7. The molecule has 170 valence electrons. The Bertz CT molecular complexity index is 1350. The molecule has 2 atom stereocenters. The average molecular weight is 447 g/mol. The largest absolute Gasteiger partial charge is 0.474 e. The van der Waals surface area contributed by atoms with E-state index in [2.05, 4.69) is 17.2 Å². The minimum absolute atomic E-state index is 0.0723. The van der Waals surface area contributed by atoms with Gasteiger partial charge in [-0.3, -0.25) is 14.3 Å². The molecule has 3 saturated carbocycles. The second-order valence-corrected chi connectivity index (χ2v) is 10.1. The molecule has 33 heavy (non-hydrogen) atoms. The smallest absolute Gasteiger partial charge is 0.274 e. The number of fused-ring (bicyclic) bond motifs is 2. The predicted octanol–water partition coefficient (Wildman–Crippen LogP) is 2.86. The first kappa shape index (κ1) is 19.3. The average Bonchev–Trinajstić information content (AvgIpc) is 3.56. The normalized spacial score (nSPS) is 29.7. The Kier molecular flexibility index (Phi) is 3.89. The number of nitrogens with one attached hydrogen (secondary N) is 1. The molecule has 3 aliphatic carbocycles. The van der Waals surface area contributed by atoms with Crippen molar-refractivity contribution < 1.29 is 14.3 Å². The molecule has 9 heteroatoms. The maximum absolute atomic E-state index is 13.3. The third-order valence-corrected chi connectivity index (χ3v) is 7.44. The number of rotatable bonds is 6. The van der Waals surface area contributed by atoms with Crippen LogP contribution in [-0.4, -0.2) is 44.1 Å². The van der Waals surface area contributed by atoms with Gasteiger partial charge in [0.25, 0.3) is 11.5 Å². The second-order valence-electron chi connectivity index (χ2n) is 10.1. The predicted molar refractivity (Wildman–Crippen MR) is 120 cm³/mol. The zero-order valence-corrected chi connectivity index (χ0v) is 18.4. The monoisotopic (exact) mass is 447 g/mol. The molecule has 0 aromatic carbocycles. The highest BCUT2D eigenvalue weighted by atomic mass is 16.5. The summed E-state index contributed by atoms with van der Waals surface area (Å²) in [6.45, 7) is 2.77. The number of carbonyl (C=O) groups is 1. The third kappa shape index (κ3) is 3.09. The molecule has 0 unspecified atom stereocenters. The maximum atomic E-state index is 13.3. The molecule has 0 spiro atoms. The van der Waals surface area contributed by atoms with Crippen molar-refractivity contribution in [3.8, 4) is 5.88 Å². The molecule has 3 aromatic heterocycles. The number of ether oxygens (including phenoxy) is 2. The van der Waals surface area contributed by atoms with Crippen LogP contribution >= 0.6 is 0 Å². The summed E-state index contributed by atoms with van der Waals surface area (Å²) in [7, 11) is 0. The topological polar surface area (TPSA) is 100 Å². The molecule has 2 bridgehead atoms. The fourth-order valence-electron chi connectivity index (χ4n) is 5.08. The number of anilines is 1. The van der Waals surface area contributed by atoms with E-state index in [0.717, 1.165) is 37.5 Å². The van der Waals surface area contributed by atoms with Crippen molar-refractivity contribution >= 4 is 22.6 Å². The fraction of sp³-hybridized carbons (Fsp3) is 0.500. The molecule has 9 nitrogen and oxygen atoms in total. The molecule has 1 amide bonds. The van der Waals surface area contributed by atoms with Crippen molar-refractivity contribution in [3.05, 3.63) is 46.5 Å². The number of hydrogen-bond acceptors (Lipinski definition) is 6. The van der Waals surface area contributed by atoms with Gasteiger partial charge in [0, 0.05) is 36.7 Å². The van der Waals surface area contributed by atoms with Crippen molar-refractivity contribution in [2.75, 3.05) is 11.9 Å². The summed E-state index contributed by atoms with van der Waals surface area (Å²) in [6.07, 6.45) is 8.91. The van der Waals surface area contributed by atoms with Gasteiger partial charge in [-0.15, -0.1) is 0 Å². The number of nitrogens with zero attached hydrogens (tertiary/aromatic N) is 4. The van der Waals surface area contributed by atoms with Gasteiger partial charge in [0.2, 0.25) is 5.88 Å². The molecule has 2 aliphatic heterocycles. The highest BCUT2D eigenvalue weighted by molar-refractivity contribution is 6.07. The van der Waals surface area contributed by atoms with E-state index < -0.39 is 5.91 Å². The Morgan fingerprint density at radius 3 is 2.85 bits per heavy atom. The Balaban J connectivity index is 1.24. The van der Waals surface area contributed by atoms with Crippen molar-refractivity contribution in [2.24, 2.45) is 5.92 Å². The van der Waals surface area contributed by atoms with Crippen LogP contribution in [0.5, 0.6) is 5.88 Å². The summed E-state index contributed by atoms with van der Waals surface area (Å²) in [5.41, 5.74) is 0.844. The van der Waals surface area contributed by atoms with Crippen LogP contribution in [0.4, 0.5) is 5.69 Å². The molecule has 1 N–H and O–H groups in total. The lowest BCUT2D eigenvalue weighted by Crippen LogP contribution is -2.43. The summed E-state index contributed by atoms with van der Waals surface area (Å²) in [4.78, 5) is 30.8. The summed E-state index contributed by atoms with van der Waals surface area (Å²) >= 11 is 0. The minimum Gasteiger partial charge on any atom is -0.474 e. The van der Waals surface area contributed by atoms with E-state index in [1.54, 1.807) is 29.0 Å². The number of amides is 1. The number of pyridine rings is 2. The van der Waals surface area contributed by atoms with Gasteiger partial charge in [0.05, 0.1) is 18.2 Å². The number of carbonyl (C=O) groups excluding carboxylic acids is 1. The van der Waals surface area contributed by atoms with Gasteiger partial charge in [0.15, 0.2) is 5.65 Å². The Morgan fingerprint density at radius 2 is 2.15 bits per heavy atom. The van der Waals surface area contributed by atoms with Gasteiger partial charge >= 0.3 is 0 Å². The van der Waals surface area contributed by atoms with Crippen LogP contribution in [0.25, 0.3) is 11.0 Å². The van der Waals surface area contributed by atoms with Gasteiger partial charge in [-0.05, 0) is 43.4 Å². The molecular weight excluding hydrogens is 422 g/mol. The van der Waals surface area contributed by atoms with Crippen molar-refractivity contribution in [3.63, 3.8) is 0 Å². The van der Waals surface area contributed by atoms with Crippen LogP contribution in [0.15, 0.2) is 35.4 Å². The van der Waals surface area contributed by atoms with E-state index in [9.17, 15) is 9.59 Å². The summed E-state index contributed by atoms with van der Waals surface area (Å²) in [6, 6.07) is 5.41. The summed E-state index contributed by atoms with van der Waals surface area (Å²) in [5, 5.41) is 8.27. The fourth-order valence-corrected chi connectivity index (χ4v) is 5.08. The Morgan fingerprint density at radius 1 is 1.33 bits per heavy atom. The van der Waals surface area contributed by atoms with Gasteiger partial charge < -0.3 is 19.4 Å². The standard InChI is InChI=1S/C24H25N5O4/c1-13-7-19(13)28-6-2-3-18(23(28)31)25-21(30)17-8-14-11-29(24-9-16(10-24)32-12-24)27-20(14)26-22(17)33-15-4-5-15/h2-3,6,8,11,13,15-16,19H,4-5,7,9-10,12H2,1H3,(H,25,30)/t13-,16?,19+,24?/m1/s1. The van der Waals surface area contributed by atoms with E-state index >= 15 is 0 Å². The maximum Gasteiger partial charge on any atom is 0.274 e. The first-order chi connectivity index (χ1) is 16.0. The van der Waals surface area contributed by atoms with Gasteiger partial charge in [-0.2, -0.15) is 10.1 Å². The van der Waals surface area contributed by atoms with Gasteiger partial charge in [0.1, 0.15) is 17.4 Å². The third-order valence-electron chi connectivity index (χ3n) is 7.44. The van der Waals surface area contributed by atoms with E-state index in [1.165, 1.54) is 0 Å². The highest BCUT2D eigenvalue weighted by Gasteiger charge is 2.54. The minimum atomic E-state index is -0.405. The second kappa shape index (κ2) is 6.66. The van der Waals surface area contributed by atoms with Crippen LogP contribution < -0.4 is 15.6 Å². The molecule has 8 rings (SSSR count). The van der Waals surface area contributed by atoms with Crippen molar-refractivity contribution in [1.82, 2.24) is 19.3 Å². The van der Waals surface area contributed by atoms with E-state index in [1.807, 2.05) is 10.9 Å². The highest BCUT2D eigenvalue weighted by Crippen LogP contribution is 2.48. The quantitative estimate of drug-likeness (QED) is 0.624. The van der Waals surface area contributed by atoms with Crippen LogP contribution in [0.1, 0.15) is 55.4 Å². The Labute approximate surface area is 189 Å². The van der Waals surface area contributed by atoms with Crippen LogP contribution in [-0.2, 0) is 10.3 Å². The number of aromatic nitrogens is 4. The van der Waals surface area contributed by atoms with E-state index in [0.29, 0.717) is 29.8 Å². The zero-order chi connectivity index (χ0) is 22.3. The van der Waals surface area contributed by atoms with Gasteiger partial charge in [-0.25, -0.2) is 0 Å². The molecule has 5 aliphatic rings. The molecule has 5 heterocycles. The van der Waals surface area contributed by atoms with Crippen molar-refractivity contribution in [2.45, 2.75) is 62.8 Å².